The third-order valence-electron chi connectivity index (χ3n) is 3.83. The van der Waals surface area contributed by atoms with Crippen LogP contribution in [-0.4, -0.2) is 32.6 Å². The molecule has 2 aromatic carbocycles. The summed E-state index contributed by atoms with van der Waals surface area (Å²) in [6.07, 6.45) is 3.14. The number of amides is 2. The zero-order valence-electron chi connectivity index (χ0n) is 16.6. The lowest BCUT2D eigenvalue weighted by atomic mass is 10.1. The molecule has 0 heterocycles. The monoisotopic (exact) mass is 382 g/mol. The van der Waals surface area contributed by atoms with Crippen LogP contribution in [0, 0.1) is 5.92 Å². The zero-order valence-corrected chi connectivity index (χ0v) is 16.6. The number of rotatable bonds is 8. The van der Waals surface area contributed by atoms with E-state index in [1.807, 2.05) is 18.2 Å². The van der Waals surface area contributed by atoms with Gasteiger partial charge in [-0.15, -0.1) is 0 Å². The van der Waals surface area contributed by atoms with Crippen LogP contribution in [0.2, 0.25) is 0 Å². The zero-order chi connectivity index (χ0) is 20.5. The van der Waals surface area contributed by atoms with Gasteiger partial charge in [0, 0.05) is 24.4 Å². The van der Waals surface area contributed by atoms with Gasteiger partial charge in [-0.1, -0.05) is 19.9 Å². The van der Waals surface area contributed by atoms with Crippen molar-refractivity contribution in [2.45, 2.75) is 13.8 Å². The van der Waals surface area contributed by atoms with E-state index in [0.717, 1.165) is 5.56 Å². The molecule has 0 atom stereocenters. The Morgan fingerprint density at radius 2 is 1.79 bits per heavy atom. The van der Waals surface area contributed by atoms with E-state index >= 15 is 0 Å². The van der Waals surface area contributed by atoms with Gasteiger partial charge in [-0.2, -0.15) is 0 Å². The van der Waals surface area contributed by atoms with Crippen molar-refractivity contribution in [2.75, 3.05) is 26.1 Å². The number of hydrogen-bond acceptors (Lipinski definition) is 4. The summed E-state index contributed by atoms with van der Waals surface area (Å²) in [5.74, 6) is 1.26. The third-order valence-corrected chi connectivity index (χ3v) is 3.83. The van der Waals surface area contributed by atoms with Gasteiger partial charge in [0.25, 0.3) is 5.91 Å². The first-order chi connectivity index (χ1) is 13.4. The van der Waals surface area contributed by atoms with Crippen LogP contribution in [0.25, 0.3) is 6.08 Å². The molecule has 2 N–H and O–H groups in total. The predicted molar refractivity (Wildman–Crippen MR) is 111 cm³/mol. The fourth-order valence-corrected chi connectivity index (χ4v) is 2.37. The fourth-order valence-electron chi connectivity index (χ4n) is 2.37. The Morgan fingerprint density at radius 1 is 1.07 bits per heavy atom. The average molecular weight is 382 g/mol. The SMILES string of the molecule is CNC(=O)c1ccc(NC(=O)/C=C/c2ccc(OCC(C)C)c(OC)c2)cc1. The van der Waals surface area contributed by atoms with E-state index in [2.05, 4.69) is 24.5 Å². The standard InChI is InChI=1S/C22H26N2O4/c1-15(2)14-28-19-11-5-16(13-20(19)27-4)6-12-21(25)24-18-9-7-17(8-10-18)22(26)23-3/h5-13,15H,14H2,1-4H3,(H,23,26)(H,24,25)/b12-6+. The summed E-state index contributed by atoms with van der Waals surface area (Å²) in [6, 6.07) is 12.2. The van der Waals surface area contributed by atoms with Gasteiger partial charge in [-0.3, -0.25) is 9.59 Å². The second kappa shape index (κ2) is 10.2. The molecule has 2 amide bonds. The number of benzene rings is 2. The van der Waals surface area contributed by atoms with Crippen molar-refractivity contribution in [1.29, 1.82) is 0 Å². The summed E-state index contributed by atoms with van der Waals surface area (Å²) < 4.78 is 11.1. The van der Waals surface area contributed by atoms with Gasteiger partial charge in [-0.05, 0) is 54.0 Å². The lowest BCUT2D eigenvalue weighted by Crippen LogP contribution is -2.17. The van der Waals surface area contributed by atoms with Crippen molar-refractivity contribution in [3.05, 3.63) is 59.7 Å². The van der Waals surface area contributed by atoms with E-state index in [0.29, 0.717) is 35.3 Å². The molecule has 0 aromatic heterocycles. The third kappa shape index (κ3) is 6.16. The number of methoxy groups -OCH3 is 1. The van der Waals surface area contributed by atoms with Gasteiger partial charge in [0.1, 0.15) is 0 Å². The van der Waals surface area contributed by atoms with Crippen LogP contribution in [0.15, 0.2) is 48.5 Å². The van der Waals surface area contributed by atoms with Crippen LogP contribution in [0.5, 0.6) is 11.5 Å². The maximum absolute atomic E-state index is 12.1. The molecule has 0 radical (unpaired) electrons. The van der Waals surface area contributed by atoms with Crippen LogP contribution in [0.4, 0.5) is 5.69 Å². The van der Waals surface area contributed by atoms with Gasteiger partial charge < -0.3 is 20.1 Å². The van der Waals surface area contributed by atoms with E-state index in [4.69, 9.17) is 9.47 Å². The van der Waals surface area contributed by atoms with E-state index in [-0.39, 0.29) is 11.8 Å². The largest absolute Gasteiger partial charge is 0.493 e. The van der Waals surface area contributed by atoms with Crippen LogP contribution in [-0.2, 0) is 4.79 Å². The van der Waals surface area contributed by atoms with E-state index < -0.39 is 0 Å². The second-order valence-electron chi connectivity index (χ2n) is 6.59. The van der Waals surface area contributed by atoms with Crippen LogP contribution in [0.1, 0.15) is 29.8 Å². The van der Waals surface area contributed by atoms with Gasteiger partial charge in [0.2, 0.25) is 5.91 Å². The summed E-state index contributed by atoms with van der Waals surface area (Å²) in [4.78, 5) is 23.7. The van der Waals surface area contributed by atoms with Crippen molar-refractivity contribution in [3.63, 3.8) is 0 Å². The molecule has 0 aliphatic carbocycles. The van der Waals surface area contributed by atoms with Gasteiger partial charge in [0.05, 0.1) is 13.7 Å². The number of anilines is 1. The number of nitrogens with one attached hydrogen (secondary N) is 2. The quantitative estimate of drug-likeness (QED) is 0.682. The molecule has 0 fully saturated rings. The fraction of sp³-hybridized carbons (Fsp3) is 0.273. The van der Waals surface area contributed by atoms with Crippen molar-refractivity contribution in [3.8, 4) is 11.5 Å². The number of carbonyl (C=O) groups is 2. The predicted octanol–water partition coefficient (Wildman–Crippen LogP) is 3.74. The molecule has 148 valence electrons. The molecule has 0 unspecified atom stereocenters. The smallest absolute Gasteiger partial charge is 0.251 e. The van der Waals surface area contributed by atoms with Gasteiger partial charge >= 0.3 is 0 Å². The topological polar surface area (TPSA) is 76.7 Å². The minimum atomic E-state index is -0.271. The molecular formula is C22H26N2O4. The Hall–Kier alpha value is -3.28. The highest BCUT2D eigenvalue weighted by molar-refractivity contribution is 6.02. The molecule has 0 saturated carbocycles. The molecular weight excluding hydrogens is 356 g/mol. The van der Waals surface area contributed by atoms with Crippen molar-refractivity contribution >= 4 is 23.6 Å². The first-order valence-electron chi connectivity index (χ1n) is 9.05. The van der Waals surface area contributed by atoms with E-state index in [9.17, 15) is 9.59 Å². The molecule has 6 nitrogen and oxygen atoms in total. The number of ether oxygens (including phenoxy) is 2. The summed E-state index contributed by atoms with van der Waals surface area (Å²) in [5, 5.41) is 5.31. The molecule has 6 heteroatoms. The van der Waals surface area contributed by atoms with Crippen LogP contribution >= 0.6 is 0 Å². The molecule has 0 saturated heterocycles. The Balaban J connectivity index is 2.00. The maximum Gasteiger partial charge on any atom is 0.251 e. The highest BCUT2D eigenvalue weighted by atomic mass is 16.5. The molecule has 28 heavy (non-hydrogen) atoms. The molecule has 0 bridgehead atoms. The Labute approximate surface area is 165 Å². The van der Waals surface area contributed by atoms with E-state index in [1.165, 1.54) is 6.08 Å². The van der Waals surface area contributed by atoms with Gasteiger partial charge in [-0.25, -0.2) is 0 Å². The lowest BCUT2D eigenvalue weighted by Gasteiger charge is -2.12. The molecule has 2 aromatic rings. The lowest BCUT2D eigenvalue weighted by molar-refractivity contribution is -0.111. The minimum absolute atomic E-state index is 0.174. The first kappa shape index (κ1) is 21.0. The highest BCUT2D eigenvalue weighted by Crippen LogP contribution is 2.29. The Kier molecular flexibility index (Phi) is 7.63. The highest BCUT2D eigenvalue weighted by Gasteiger charge is 2.07. The maximum atomic E-state index is 12.1. The Morgan fingerprint density at radius 3 is 2.39 bits per heavy atom. The average Bonchev–Trinajstić information content (AvgIpc) is 2.70. The minimum Gasteiger partial charge on any atom is -0.493 e. The second-order valence-corrected chi connectivity index (χ2v) is 6.59. The van der Waals surface area contributed by atoms with E-state index in [1.54, 1.807) is 44.5 Å². The molecule has 0 aliphatic rings. The Bertz CT molecular complexity index is 842. The molecule has 0 spiro atoms. The number of carbonyl (C=O) groups excluding carboxylic acids is 2. The number of hydrogen-bond donors (Lipinski definition) is 2. The molecule has 0 aliphatic heterocycles. The van der Waals surface area contributed by atoms with Crippen LogP contribution in [0.3, 0.4) is 0 Å². The first-order valence-corrected chi connectivity index (χ1v) is 9.05. The summed E-state index contributed by atoms with van der Waals surface area (Å²) in [7, 11) is 3.15. The molecule has 2 rings (SSSR count). The van der Waals surface area contributed by atoms with Crippen molar-refractivity contribution < 1.29 is 19.1 Å². The summed E-state index contributed by atoms with van der Waals surface area (Å²) in [6.45, 7) is 4.76. The summed E-state index contributed by atoms with van der Waals surface area (Å²) >= 11 is 0. The van der Waals surface area contributed by atoms with Gasteiger partial charge in [0.15, 0.2) is 11.5 Å². The van der Waals surface area contributed by atoms with Crippen molar-refractivity contribution in [1.82, 2.24) is 5.32 Å². The summed E-state index contributed by atoms with van der Waals surface area (Å²) in [5.41, 5.74) is 1.96. The van der Waals surface area contributed by atoms with Crippen molar-refractivity contribution in [2.24, 2.45) is 5.92 Å². The normalized spacial score (nSPS) is 10.8. The van der Waals surface area contributed by atoms with Crippen LogP contribution < -0.4 is 20.1 Å².